The van der Waals surface area contributed by atoms with E-state index in [4.69, 9.17) is 24.7 Å². The van der Waals surface area contributed by atoms with Crippen LogP contribution in [0, 0.1) is 5.82 Å². The summed E-state index contributed by atoms with van der Waals surface area (Å²) >= 11 is 0. The number of sulfone groups is 1. The van der Waals surface area contributed by atoms with Crippen LogP contribution in [0.1, 0.15) is 37.5 Å². The summed E-state index contributed by atoms with van der Waals surface area (Å²) < 4.78 is 102. The molecule has 7 aromatic rings. The van der Waals surface area contributed by atoms with E-state index in [2.05, 4.69) is 25.5 Å². The molecule has 1 amide bonds. The molecule has 21 heteroatoms. The van der Waals surface area contributed by atoms with Crippen molar-refractivity contribution in [3.63, 3.8) is 0 Å². The molecule has 3 heterocycles. The Hall–Kier alpha value is -7.10. The van der Waals surface area contributed by atoms with Gasteiger partial charge in [0.15, 0.2) is 27.4 Å². The zero-order chi connectivity index (χ0) is 47.8. The number of halogens is 1. The van der Waals surface area contributed by atoms with Crippen LogP contribution >= 0.6 is 0 Å². The van der Waals surface area contributed by atoms with Gasteiger partial charge in [-0.1, -0.05) is 42.5 Å². The second-order valence-corrected chi connectivity index (χ2v) is 20.9. The quantitative estimate of drug-likeness (QED) is 0.112. The number of fused-ring (bicyclic) bond motifs is 1. The number of nitrogen functional groups attached to an aromatic ring is 1. The third-order valence-electron chi connectivity index (χ3n) is 11.2. The van der Waals surface area contributed by atoms with Crippen molar-refractivity contribution in [1.82, 2.24) is 39.4 Å². The summed E-state index contributed by atoms with van der Waals surface area (Å²) in [5, 5.41) is 11.4. The SMILES string of the molecule is COc1ccc(CN(Cc2ccc(OC)cc2)S(=O)(=O)c2c(S(=O)(=O)C3CN(C(=O)OC(C)(C)C)C3)ccc(-c3ccc(F)c4nc(N)[nH]c34)c2-c2nnnn2Cc2ccc(OC)cc2)cc1. The number of nitrogens with one attached hydrogen (secondary N) is 1. The number of rotatable bonds is 15. The molecular weight excluding hydrogens is 906 g/mol. The first kappa shape index (κ1) is 46.4. The minimum Gasteiger partial charge on any atom is -0.497 e. The first-order chi connectivity index (χ1) is 31.9. The number of hydrogen-bond acceptors (Lipinski definition) is 14. The largest absolute Gasteiger partial charge is 0.497 e. The highest BCUT2D eigenvalue weighted by Gasteiger charge is 2.46. The lowest BCUT2D eigenvalue weighted by atomic mass is 9.97. The number of benzene rings is 5. The lowest BCUT2D eigenvalue weighted by Gasteiger charge is -2.39. The van der Waals surface area contributed by atoms with E-state index in [1.54, 1.807) is 93.6 Å². The number of amides is 1. The highest BCUT2D eigenvalue weighted by Crippen LogP contribution is 2.45. The number of methoxy groups -OCH3 is 3. The maximum absolute atomic E-state index is 16.2. The molecule has 0 spiro atoms. The van der Waals surface area contributed by atoms with E-state index in [9.17, 15) is 4.79 Å². The number of carbonyl (C=O) groups excluding carboxylic acids is 1. The van der Waals surface area contributed by atoms with E-state index < -0.39 is 52.4 Å². The number of hydrogen-bond donors (Lipinski definition) is 2. The van der Waals surface area contributed by atoms with Gasteiger partial charge in [-0.15, -0.1) is 5.10 Å². The number of ether oxygens (including phenoxy) is 4. The predicted octanol–water partition coefficient (Wildman–Crippen LogP) is 6.46. The summed E-state index contributed by atoms with van der Waals surface area (Å²) in [6.07, 6.45) is -0.718. The molecule has 0 bridgehead atoms. The van der Waals surface area contributed by atoms with E-state index in [1.807, 2.05) is 0 Å². The Morgan fingerprint density at radius 2 is 1.33 bits per heavy atom. The third kappa shape index (κ3) is 9.47. The van der Waals surface area contributed by atoms with Gasteiger partial charge < -0.3 is 34.6 Å². The number of anilines is 1. The van der Waals surface area contributed by atoms with Crippen molar-refractivity contribution in [3.8, 4) is 39.8 Å². The zero-order valence-electron chi connectivity index (χ0n) is 37.4. The zero-order valence-corrected chi connectivity index (χ0v) is 39.1. The summed E-state index contributed by atoms with van der Waals surface area (Å²) in [6.45, 7) is 4.02. The molecule has 350 valence electrons. The van der Waals surface area contributed by atoms with Gasteiger partial charge in [0.1, 0.15) is 38.5 Å². The highest BCUT2D eigenvalue weighted by atomic mass is 32.2. The molecule has 18 nitrogen and oxygen atoms in total. The number of likely N-dealkylation sites (tertiary alicyclic amines) is 1. The van der Waals surface area contributed by atoms with Gasteiger partial charge in [-0.25, -0.2) is 35.7 Å². The molecule has 5 aromatic carbocycles. The molecule has 1 fully saturated rings. The normalized spacial score (nSPS) is 13.5. The van der Waals surface area contributed by atoms with Crippen LogP contribution < -0.4 is 19.9 Å². The number of nitrogens with zero attached hydrogens (tertiary/aromatic N) is 7. The number of sulfonamides is 1. The third-order valence-corrected chi connectivity index (χ3v) is 15.3. The van der Waals surface area contributed by atoms with E-state index >= 15 is 21.2 Å². The van der Waals surface area contributed by atoms with Crippen LogP contribution in [0.2, 0.25) is 0 Å². The van der Waals surface area contributed by atoms with E-state index in [1.165, 1.54) is 49.1 Å². The second kappa shape index (κ2) is 18.3. The molecule has 0 aliphatic carbocycles. The number of carbonyl (C=O) groups is 1. The molecule has 1 saturated heterocycles. The van der Waals surface area contributed by atoms with Crippen molar-refractivity contribution in [2.24, 2.45) is 0 Å². The van der Waals surface area contributed by atoms with Crippen molar-refractivity contribution in [1.29, 1.82) is 0 Å². The van der Waals surface area contributed by atoms with Gasteiger partial charge in [0, 0.05) is 31.7 Å². The van der Waals surface area contributed by atoms with Gasteiger partial charge in [-0.2, -0.15) is 4.31 Å². The molecule has 0 saturated carbocycles. The van der Waals surface area contributed by atoms with Gasteiger partial charge in [0.25, 0.3) is 0 Å². The molecule has 1 aliphatic heterocycles. The van der Waals surface area contributed by atoms with Crippen LogP contribution in [0.25, 0.3) is 33.5 Å². The van der Waals surface area contributed by atoms with Crippen LogP contribution in [-0.2, 0) is 44.2 Å². The van der Waals surface area contributed by atoms with Crippen LogP contribution in [0.15, 0.2) is 107 Å². The van der Waals surface area contributed by atoms with Crippen molar-refractivity contribution in [3.05, 3.63) is 120 Å². The predicted molar refractivity (Wildman–Crippen MR) is 246 cm³/mol. The first-order valence-corrected chi connectivity index (χ1v) is 23.9. The van der Waals surface area contributed by atoms with E-state index in [0.29, 0.717) is 33.9 Å². The first-order valence-electron chi connectivity index (χ1n) is 20.9. The van der Waals surface area contributed by atoms with Crippen molar-refractivity contribution in [2.75, 3.05) is 40.2 Å². The summed E-state index contributed by atoms with van der Waals surface area (Å²) in [4.78, 5) is 20.1. The highest BCUT2D eigenvalue weighted by molar-refractivity contribution is 7.94. The Balaban J connectivity index is 1.40. The summed E-state index contributed by atoms with van der Waals surface area (Å²) in [6, 6.07) is 25.8. The van der Waals surface area contributed by atoms with Crippen LogP contribution in [0.4, 0.5) is 15.1 Å². The fourth-order valence-corrected chi connectivity index (χ4v) is 11.8. The number of tetrazole rings is 1. The van der Waals surface area contributed by atoms with Gasteiger partial charge in [-0.3, -0.25) is 0 Å². The standard InChI is InChI=1S/C46H48FN9O9S2/c1-46(2,3)65-45(57)54-26-34(27-54)66(58,59)38-22-20-35(36-19-21-37(47)41-40(36)49-44(48)50-41)39(43-51-52-53-56(43)25-30-11-17-33(64-6)18-12-30)42(38)67(60,61)55(23-28-7-13-31(62-4)14-8-28)24-29-9-15-32(63-5)16-10-29/h7-22,34H,23-27H2,1-6H3,(H3,48,49,50). The Morgan fingerprint density at radius 1 is 0.791 bits per heavy atom. The Morgan fingerprint density at radius 3 is 1.87 bits per heavy atom. The van der Waals surface area contributed by atoms with Crippen LogP contribution in [0.3, 0.4) is 0 Å². The smallest absolute Gasteiger partial charge is 0.410 e. The molecule has 8 rings (SSSR count). The average molecular weight is 954 g/mol. The lowest BCUT2D eigenvalue weighted by molar-refractivity contribution is 0.0139. The molecule has 0 radical (unpaired) electrons. The minimum absolute atomic E-state index is 0.00699. The number of nitrogens with two attached hydrogens (primary N) is 1. The Bertz CT molecular complexity index is 3120. The van der Waals surface area contributed by atoms with Gasteiger partial charge in [0.2, 0.25) is 10.0 Å². The van der Waals surface area contributed by atoms with Crippen LogP contribution in [-0.4, -0.2) is 108 Å². The molecule has 2 aromatic heterocycles. The summed E-state index contributed by atoms with van der Waals surface area (Å²) in [5.74, 6) is 0.684. The lowest BCUT2D eigenvalue weighted by Crippen LogP contribution is -2.57. The number of aromatic nitrogens is 6. The fraction of sp³-hybridized carbons (Fsp3) is 0.283. The molecule has 1 aliphatic rings. The molecule has 3 N–H and O–H groups in total. The molecule has 67 heavy (non-hydrogen) atoms. The summed E-state index contributed by atoms with van der Waals surface area (Å²) in [7, 11) is -5.11. The second-order valence-electron chi connectivity index (χ2n) is 16.8. The van der Waals surface area contributed by atoms with E-state index in [-0.39, 0.29) is 72.2 Å². The average Bonchev–Trinajstić information content (AvgIpc) is 3.91. The van der Waals surface area contributed by atoms with Crippen molar-refractivity contribution in [2.45, 2.75) is 61.0 Å². The van der Waals surface area contributed by atoms with Crippen molar-refractivity contribution >= 4 is 42.9 Å². The molecule has 0 unspecified atom stereocenters. The van der Waals surface area contributed by atoms with Gasteiger partial charge >= 0.3 is 6.09 Å². The van der Waals surface area contributed by atoms with Gasteiger partial charge in [-0.05, 0) is 108 Å². The Labute approximate surface area is 386 Å². The van der Waals surface area contributed by atoms with Crippen molar-refractivity contribution < 1.29 is 45.0 Å². The monoisotopic (exact) mass is 953 g/mol. The van der Waals surface area contributed by atoms with E-state index in [0.717, 1.165) is 10.4 Å². The number of imidazole rings is 1. The number of H-pyrrole nitrogens is 1. The topological polar surface area (TPSA) is 227 Å². The Kier molecular flexibility index (Phi) is 12.7. The number of aromatic amines is 1. The maximum Gasteiger partial charge on any atom is 0.410 e. The van der Waals surface area contributed by atoms with Crippen LogP contribution in [0.5, 0.6) is 17.2 Å². The molecular formula is C46H48FN9O9S2. The minimum atomic E-state index is -5.02. The fourth-order valence-electron chi connectivity index (χ4n) is 7.70. The molecule has 0 atom stereocenters. The maximum atomic E-state index is 16.2. The van der Waals surface area contributed by atoms with Gasteiger partial charge in [0.05, 0.1) is 43.8 Å². The summed E-state index contributed by atoms with van der Waals surface area (Å²) in [5.41, 5.74) is 7.08.